The molecular weight excluding hydrogens is 478 g/mol. The van der Waals surface area contributed by atoms with E-state index in [1.807, 2.05) is 30.9 Å². The summed E-state index contributed by atoms with van der Waals surface area (Å²) in [5, 5.41) is 22.0. The van der Waals surface area contributed by atoms with Crippen molar-refractivity contribution in [3.05, 3.63) is 64.8 Å². The molecule has 0 unspecified atom stereocenters. The van der Waals surface area contributed by atoms with Gasteiger partial charge in [-0.3, -0.25) is 0 Å². The topological polar surface area (TPSA) is 135 Å². The molecule has 1 aliphatic rings. The molecule has 0 aliphatic carbocycles. The van der Waals surface area contributed by atoms with Crippen LogP contribution in [0.2, 0.25) is 0 Å². The maximum absolute atomic E-state index is 11.8. The van der Waals surface area contributed by atoms with Gasteiger partial charge in [0.15, 0.2) is 0 Å². The summed E-state index contributed by atoms with van der Waals surface area (Å²) in [5.41, 5.74) is 4.06. The largest absolute Gasteiger partial charge is 0.438 e. The summed E-state index contributed by atoms with van der Waals surface area (Å²) in [5.74, 6) is 1.27. The standard InChI is InChI=1S/C25H25N7O3S/c1-17-12-19(15-26)13-18(2)24(17)35-23-6-7-28-25(30-23)29-21-4-5-22(20(14-21)16-27)31-8-10-32(11-9-31)36(3,33)34/h4-7,12-14H,8-11H2,1-3H3,(H,28,29,30). The van der Waals surface area contributed by atoms with E-state index in [0.717, 1.165) is 16.8 Å². The third-order valence-corrected chi connectivity index (χ3v) is 7.15. The van der Waals surface area contributed by atoms with Crippen molar-refractivity contribution < 1.29 is 13.2 Å². The van der Waals surface area contributed by atoms with Crippen molar-refractivity contribution in [2.45, 2.75) is 13.8 Å². The van der Waals surface area contributed by atoms with Gasteiger partial charge in [-0.25, -0.2) is 13.4 Å². The SMILES string of the molecule is Cc1cc(C#N)cc(C)c1Oc1ccnc(Nc2ccc(N3CCN(S(C)(=O)=O)CC3)c(C#N)c2)n1. The number of hydrogen-bond acceptors (Lipinski definition) is 9. The Hall–Kier alpha value is -4.19. The van der Waals surface area contributed by atoms with Gasteiger partial charge in [-0.1, -0.05) is 0 Å². The fraction of sp³-hybridized carbons (Fsp3) is 0.280. The van der Waals surface area contributed by atoms with Gasteiger partial charge < -0.3 is 15.0 Å². The summed E-state index contributed by atoms with van der Waals surface area (Å²) in [6, 6.07) is 14.9. The average molecular weight is 504 g/mol. The van der Waals surface area contributed by atoms with Gasteiger partial charge in [0, 0.05) is 44.1 Å². The molecule has 0 spiro atoms. The van der Waals surface area contributed by atoms with Gasteiger partial charge in [-0.15, -0.1) is 0 Å². The maximum Gasteiger partial charge on any atom is 0.230 e. The Balaban J connectivity index is 1.49. The fourth-order valence-corrected chi connectivity index (χ4v) is 4.94. The molecule has 184 valence electrons. The van der Waals surface area contributed by atoms with Crippen molar-refractivity contribution in [1.29, 1.82) is 10.5 Å². The van der Waals surface area contributed by atoms with Crippen molar-refractivity contribution >= 4 is 27.3 Å². The van der Waals surface area contributed by atoms with Gasteiger partial charge in [-0.05, 0) is 55.3 Å². The van der Waals surface area contributed by atoms with Crippen molar-refractivity contribution in [2.75, 3.05) is 42.7 Å². The molecule has 2 aromatic carbocycles. The highest BCUT2D eigenvalue weighted by Crippen LogP contribution is 2.30. The molecule has 1 saturated heterocycles. The molecule has 0 atom stereocenters. The van der Waals surface area contributed by atoms with Gasteiger partial charge in [0.2, 0.25) is 21.9 Å². The van der Waals surface area contributed by atoms with Crippen LogP contribution in [0, 0.1) is 36.5 Å². The van der Waals surface area contributed by atoms with E-state index in [-0.39, 0.29) is 0 Å². The first-order valence-corrected chi connectivity index (χ1v) is 13.1. The van der Waals surface area contributed by atoms with Crippen molar-refractivity contribution in [3.8, 4) is 23.8 Å². The highest BCUT2D eigenvalue weighted by atomic mass is 32.2. The number of anilines is 3. The second-order valence-electron chi connectivity index (χ2n) is 8.49. The Kier molecular flexibility index (Phi) is 7.06. The van der Waals surface area contributed by atoms with Crippen LogP contribution in [0.15, 0.2) is 42.6 Å². The summed E-state index contributed by atoms with van der Waals surface area (Å²) in [6.07, 6.45) is 2.78. The zero-order valence-electron chi connectivity index (χ0n) is 20.2. The number of nitrogens with one attached hydrogen (secondary N) is 1. The minimum absolute atomic E-state index is 0.301. The summed E-state index contributed by atoms with van der Waals surface area (Å²) in [4.78, 5) is 10.7. The zero-order chi connectivity index (χ0) is 25.9. The molecule has 0 radical (unpaired) electrons. The third-order valence-electron chi connectivity index (χ3n) is 5.85. The van der Waals surface area contributed by atoms with Crippen molar-refractivity contribution in [1.82, 2.24) is 14.3 Å². The van der Waals surface area contributed by atoms with E-state index < -0.39 is 10.0 Å². The van der Waals surface area contributed by atoms with Crippen LogP contribution in [-0.2, 0) is 10.0 Å². The lowest BCUT2D eigenvalue weighted by Crippen LogP contribution is -2.48. The van der Waals surface area contributed by atoms with E-state index >= 15 is 0 Å². The average Bonchev–Trinajstić information content (AvgIpc) is 2.86. The number of hydrogen-bond donors (Lipinski definition) is 1. The molecule has 1 aromatic heterocycles. The minimum atomic E-state index is -3.23. The molecular formula is C25H25N7O3S. The first-order valence-electron chi connectivity index (χ1n) is 11.2. The first kappa shape index (κ1) is 24.9. The quantitative estimate of drug-likeness (QED) is 0.536. The summed E-state index contributed by atoms with van der Waals surface area (Å²) in [6.45, 7) is 5.51. The number of nitrogens with zero attached hydrogens (tertiary/aromatic N) is 6. The van der Waals surface area contributed by atoms with Crippen LogP contribution in [-0.4, -0.2) is 55.1 Å². The van der Waals surface area contributed by atoms with Crippen LogP contribution in [0.5, 0.6) is 11.6 Å². The zero-order valence-corrected chi connectivity index (χ0v) is 21.0. The highest BCUT2D eigenvalue weighted by Gasteiger charge is 2.24. The van der Waals surface area contributed by atoms with Crippen LogP contribution < -0.4 is 15.0 Å². The summed E-state index contributed by atoms with van der Waals surface area (Å²) in [7, 11) is -3.23. The molecule has 1 aliphatic heterocycles. The number of ether oxygens (including phenoxy) is 1. The lowest BCUT2D eigenvalue weighted by molar-refractivity contribution is 0.388. The Morgan fingerprint density at radius 3 is 2.31 bits per heavy atom. The van der Waals surface area contributed by atoms with E-state index in [1.54, 1.807) is 30.5 Å². The predicted octanol–water partition coefficient (Wildman–Crippen LogP) is 3.45. The number of aryl methyl sites for hydroxylation is 2. The molecule has 11 heteroatoms. The molecule has 0 amide bonds. The van der Waals surface area contributed by atoms with Gasteiger partial charge in [0.25, 0.3) is 0 Å². The number of piperazine rings is 1. The first-order chi connectivity index (χ1) is 17.2. The Bertz CT molecular complexity index is 1460. The normalized spacial score (nSPS) is 14.1. The molecule has 3 aromatic rings. The number of sulfonamides is 1. The van der Waals surface area contributed by atoms with E-state index in [9.17, 15) is 13.7 Å². The number of benzene rings is 2. The molecule has 0 bridgehead atoms. The van der Waals surface area contributed by atoms with Crippen LogP contribution in [0.4, 0.5) is 17.3 Å². The van der Waals surface area contributed by atoms with Gasteiger partial charge in [0.1, 0.15) is 11.8 Å². The molecule has 2 heterocycles. The smallest absolute Gasteiger partial charge is 0.230 e. The lowest BCUT2D eigenvalue weighted by Gasteiger charge is -2.35. The highest BCUT2D eigenvalue weighted by molar-refractivity contribution is 7.88. The van der Waals surface area contributed by atoms with Crippen molar-refractivity contribution in [3.63, 3.8) is 0 Å². The molecule has 36 heavy (non-hydrogen) atoms. The molecule has 4 rings (SSSR count). The molecule has 10 nitrogen and oxygen atoms in total. The van der Waals surface area contributed by atoms with E-state index in [0.29, 0.717) is 60.6 Å². The minimum Gasteiger partial charge on any atom is -0.438 e. The second-order valence-corrected chi connectivity index (χ2v) is 10.5. The maximum atomic E-state index is 11.8. The number of aromatic nitrogens is 2. The van der Waals surface area contributed by atoms with E-state index in [2.05, 4.69) is 27.4 Å². The fourth-order valence-electron chi connectivity index (χ4n) is 4.11. The third kappa shape index (κ3) is 5.54. The van der Waals surface area contributed by atoms with E-state index in [1.165, 1.54) is 10.6 Å². The monoisotopic (exact) mass is 503 g/mol. The molecule has 1 fully saturated rings. The van der Waals surface area contributed by atoms with Crippen LogP contribution in [0.25, 0.3) is 0 Å². The van der Waals surface area contributed by atoms with Gasteiger partial charge >= 0.3 is 0 Å². The van der Waals surface area contributed by atoms with Crippen LogP contribution in [0.3, 0.4) is 0 Å². The Morgan fingerprint density at radius 2 is 1.69 bits per heavy atom. The van der Waals surface area contributed by atoms with Crippen LogP contribution in [0.1, 0.15) is 22.3 Å². The van der Waals surface area contributed by atoms with Gasteiger partial charge in [0.05, 0.1) is 29.1 Å². The summed E-state index contributed by atoms with van der Waals surface area (Å²) < 4.78 is 31.0. The predicted molar refractivity (Wildman–Crippen MR) is 136 cm³/mol. The summed E-state index contributed by atoms with van der Waals surface area (Å²) >= 11 is 0. The van der Waals surface area contributed by atoms with Crippen molar-refractivity contribution in [2.24, 2.45) is 0 Å². The van der Waals surface area contributed by atoms with Gasteiger partial charge in [-0.2, -0.15) is 19.8 Å². The second kappa shape index (κ2) is 10.2. The lowest BCUT2D eigenvalue weighted by atomic mass is 10.1. The molecule has 1 N–H and O–H groups in total. The Labute approximate surface area is 210 Å². The van der Waals surface area contributed by atoms with Crippen LogP contribution >= 0.6 is 0 Å². The number of nitriles is 2. The Morgan fingerprint density at radius 1 is 1.00 bits per heavy atom. The van der Waals surface area contributed by atoms with E-state index in [4.69, 9.17) is 10.00 Å². The number of rotatable bonds is 6. The molecule has 0 saturated carbocycles.